The summed E-state index contributed by atoms with van der Waals surface area (Å²) in [4.78, 5) is 3.01. The van der Waals surface area contributed by atoms with E-state index in [0.29, 0.717) is 4.83 Å². The Morgan fingerprint density at radius 2 is 1.88 bits per heavy atom. The molecular formula is C14H14BrFS. The summed E-state index contributed by atoms with van der Waals surface area (Å²) in [7, 11) is 0. The fraction of sp³-hybridized carbons (Fsp3) is 0.286. The van der Waals surface area contributed by atoms with Crippen molar-refractivity contribution in [3.63, 3.8) is 0 Å². The van der Waals surface area contributed by atoms with Gasteiger partial charge in [-0.2, -0.15) is 0 Å². The first kappa shape index (κ1) is 12.8. The lowest BCUT2D eigenvalue weighted by atomic mass is 10.1. The third-order valence-electron chi connectivity index (χ3n) is 2.82. The van der Waals surface area contributed by atoms with Crippen LogP contribution in [-0.2, 0) is 6.42 Å². The second kappa shape index (κ2) is 5.32. The Hall–Kier alpha value is -0.670. The van der Waals surface area contributed by atoms with Crippen molar-refractivity contribution in [2.45, 2.75) is 25.1 Å². The summed E-state index contributed by atoms with van der Waals surface area (Å²) in [5.41, 5.74) is 2.49. The Kier molecular flexibility index (Phi) is 4.00. The van der Waals surface area contributed by atoms with Crippen LogP contribution in [0.2, 0.25) is 0 Å². The van der Waals surface area contributed by atoms with Gasteiger partial charge in [0.2, 0.25) is 0 Å². The largest absolute Gasteiger partial charge is 0.207 e. The number of rotatable bonds is 3. The Morgan fingerprint density at radius 1 is 1.24 bits per heavy atom. The lowest BCUT2D eigenvalue weighted by molar-refractivity contribution is 0.627. The average Bonchev–Trinajstić information content (AvgIpc) is 2.63. The molecule has 1 atom stereocenters. The van der Waals surface area contributed by atoms with Gasteiger partial charge in [-0.1, -0.05) is 28.1 Å². The van der Waals surface area contributed by atoms with E-state index in [1.54, 1.807) is 0 Å². The molecule has 0 N–H and O–H groups in total. The number of alkyl halides is 1. The molecule has 90 valence electrons. The van der Waals surface area contributed by atoms with E-state index < -0.39 is 0 Å². The van der Waals surface area contributed by atoms with Crippen LogP contribution in [0.5, 0.6) is 0 Å². The molecule has 1 aromatic heterocycles. The van der Waals surface area contributed by atoms with E-state index in [1.807, 2.05) is 23.5 Å². The van der Waals surface area contributed by atoms with Crippen molar-refractivity contribution in [1.29, 1.82) is 0 Å². The van der Waals surface area contributed by atoms with E-state index >= 15 is 0 Å². The predicted octanol–water partition coefficient (Wildman–Crippen LogP) is 5.18. The van der Waals surface area contributed by atoms with Gasteiger partial charge in [0.15, 0.2) is 0 Å². The fourth-order valence-corrected chi connectivity index (χ4v) is 3.49. The highest BCUT2D eigenvalue weighted by molar-refractivity contribution is 9.09. The molecule has 0 aliphatic heterocycles. The van der Waals surface area contributed by atoms with Gasteiger partial charge < -0.3 is 0 Å². The minimum absolute atomic E-state index is 0.178. The molecule has 0 bridgehead atoms. The number of thiophene rings is 1. The molecule has 2 aromatic rings. The van der Waals surface area contributed by atoms with Crippen molar-refractivity contribution in [2.24, 2.45) is 0 Å². The summed E-state index contributed by atoms with van der Waals surface area (Å²) < 4.78 is 12.8. The van der Waals surface area contributed by atoms with E-state index in [4.69, 9.17) is 0 Å². The first-order valence-electron chi connectivity index (χ1n) is 5.51. The number of aryl methyl sites for hydroxylation is 2. The minimum atomic E-state index is -0.178. The molecule has 3 heteroatoms. The normalized spacial score (nSPS) is 12.7. The van der Waals surface area contributed by atoms with Crippen LogP contribution in [0, 0.1) is 19.7 Å². The molecule has 0 saturated carbocycles. The van der Waals surface area contributed by atoms with E-state index in [2.05, 4.69) is 35.8 Å². The Balaban J connectivity index is 2.11. The lowest BCUT2D eigenvalue weighted by Gasteiger charge is -2.07. The molecule has 0 radical (unpaired) electrons. The second-order valence-electron chi connectivity index (χ2n) is 4.19. The van der Waals surface area contributed by atoms with Crippen LogP contribution < -0.4 is 0 Å². The van der Waals surface area contributed by atoms with Crippen LogP contribution in [-0.4, -0.2) is 0 Å². The summed E-state index contributed by atoms with van der Waals surface area (Å²) in [5, 5.41) is 0. The van der Waals surface area contributed by atoms with Gasteiger partial charge in [0.25, 0.3) is 0 Å². The zero-order valence-corrected chi connectivity index (χ0v) is 12.2. The molecule has 1 aromatic carbocycles. The Labute approximate surface area is 114 Å². The van der Waals surface area contributed by atoms with Gasteiger partial charge in [0.1, 0.15) is 5.82 Å². The third-order valence-corrected chi connectivity index (χ3v) is 5.21. The monoisotopic (exact) mass is 312 g/mol. The van der Waals surface area contributed by atoms with Crippen LogP contribution in [0.4, 0.5) is 4.39 Å². The summed E-state index contributed by atoms with van der Waals surface area (Å²) in [5.74, 6) is -0.178. The lowest BCUT2D eigenvalue weighted by Crippen LogP contribution is -1.92. The zero-order chi connectivity index (χ0) is 12.4. The van der Waals surface area contributed by atoms with Gasteiger partial charge in [-0.15, -0.1) is 11.3 Å². The topological polar surface area (TPSA) is 0 Å². The average molecular weight is 313 g/mol. The van der Waals surface area contributed by atoms with Crippen molar-refractivity contribution in [3.8, 4) is 0 Å². The highest BCUT2D eigenvalue weighted by Gasteiger charge is 2.12. The summed E-state index contributed by atoms with van der Waals surface area (Å²) in [6.07, 6.45) is 0.889. The van der Waals surface area contributed by atoms with E-state index in [0.717, 1.165) is 12.0 Å². The molecular weight excluding hydrogens is 299 g/mol. The summed E-state index contributed by atoms with van der Waals surface area (Å²) in [6.45, 7) is 4.27. The van der Waals surface area contributed by atoms with Crippen molar-refractivity contribution in [2.75, 3.05) is 0 Å². The molecule has 0 fully saturated rings. The molecule has 0 spiro atoms. The second-order valence-corrected chi connectivity index (χ2v) is 6.58. The molecule has 2 rings (SSSR count). The Bertz CT molecular complexity index is 482. The molecule has 0 aliphatic rings. The highest BCUT2D eigenvalue weighted by atomic mass is 79.9. The zero-order valence-electron chi connectivity index (χ0n) is 9.84. The number of halogens is 2. The molecule has 0 saturated heterocycles. The van der Waals surface area contributed by atoms with E-state index in [1.165, 1.54) is 27.5 Å². The summed E-state index contributed by atoms with van der Waals surface area (Å²) >= 11 is 5.53. The standard InChI is InChI=1S/C14H14BrFS/c1-9-7-14(17-10(9)2)13(15)8-11-3-5-12(16)6-4-11/h3-7,13H,8H2,1-2H3. The number of hydrogen-bond donors (Lipinski definition) is 0. The molecule has 0 nitrogen and oxygen atoms in total. The quantitative estimate of drug-likeness (QED) is 0.685. The molecule has 17 heavy (non-hydrogen) atoms. The van der Waals surface area contributed by atoms with Gasteiger partial charge >= 0.3 is 0 Å². The van der Waals surface area contributed by atoms with Crippen LogP contribution in [0.3, 0.4) is 0 Å². The smallest absolute Gasteiger partial charge is 0.123 e. The van der Waals surface area contributed by atoms with E-state index in [9.17, 15) is 4.39 Å². The van der Waals surface area contributed by atoms with Crippen molar-refractivity contribution in [1.82, 2.24) is 0 Å². The predicted molar refractivity (Wildman–Crippen MR) is 75.6 cm³/mol. The van der Waals surface area contributed by atoms with Gasteiger partial charge in [0.05, 0.1) is 4.83 Å². The van der Waals surface area contributed by atoms with Crippen LogP contribution in [0.1, 0.15) is 25.7 Å². The van der Waals surface area contributed by atoms with Crippen LogP contribution >= 0.6 is 27.3 Å². The number of hydrogen-bond acceptors (Lipinski definition) is 1. The van der Waals surface area contributed by atoms with Crippen LogP contribution in [0.25, 0.3) is 0 Å². The van der Waals surface area contributed by atoms with Gasteiger partial charge in [-0.3, -0.25) is 0 Å². The molecule has 0 amide bonds. The van der Waals surface area contributed by atoms with Gasteiger partial charge in [-0.25, -0.2) is 4.39 Å². The maximum atomic E-state index is 12.8. The maximum Gasteiger partial charge on any atom is 0.123 e. The minimum Gasteiger partial charge on any atom is -0.207 e. The molecule has 1 heterocycles. The highest BCUT2D eigenvalue weighted by Crippen LogP contribution is 2.34. The first-order valence-corrected chi connectivity index (χ1v) is 7.25. The van der Waals surface area contributed by atoms with E-state index in [-0.39, 0.29) is 5.82 Å². The van der Waals surface area contributed by atoms with Crippen molar-refractivity contribution in [3.05, 3.63) is 57.0 Å². The first-order chi connectivity index (χ1) is 8.06. The Morgan fingerprint density at radius 3 is 2.41 bits per heavy atom. The number of benzene rings is 1. The molecule has 0 aliphatic carbocycles. The van der Waals surface area contributed by atoms with Crippen molar-refractivity contribution < 1.29 is 4.39 Å². The van der Waals surface area contributed by atoms with Crippen LogP contribution in [0.15, 0.2) is 30.3 Å². The SMILES string of the molecule is Cc1cc(C(Br)Cc2ccc(F)cc2)sc1C. The molecule has 1 unspecified atom stereocenters. The maximum absolute atomic E-state index is 12.8. The van der Waals surface area contributed by atoms with Gasteiger partial charge in [-0.05, 0) is 49.6 Å². The fourth-order valence-electron chi connectivity index (χ4n) is 1.68. The van der Waals surface area contributed by atoms with Crippen molar-refractivity contribution >= 4 is 27.3 Å². The summed E-state index contributed by atoms with van der Waals surface area (Å²) in [6, 6.07) is 8.94. The third kappa shape index (κ3) is 3.17. The van der Waals surface area contributed by atoms with Gasteiger partial charge in [0, 0.05) is 9.75 Å².